The van der Waals surface area contributed by atoms with Crippen molar-refractivity contribution in [3.8, 4) is 5.75 Å². The van der Waals surface area contributed by atoms with E-state index in [2.05, 4.69) is 15.4 Å². The highest BCUT2D eigenvalue weighted by atomic mass is 35.5. The predicted molar refractivity (Wildman–Crippen MR) is 94.2 cm³/mol. The molecule has 1 aromatic carbocycles. The minimum atomic E-state index is -4.46. The van der Waals surface area contributed by atoms with Crippen molar-refractivity contribution in [2.45, 2.75) is 43.4 Å². The van der Waals surface area contributed by atoms with Crippen LogP contribution < -0.4 is 10.1 Å². The van der Waals surface area contributed by atoms with Gasteiger partial charge in [-0.25, -0.2) is 0 Å². The monoisotopic (exact) mass is 401 g/mol. The van der Waals surface area contributed by atoms with Gasteiger partial charge in [-0.2, -0.15) is 13.2 Å². The van der Waals surface area contributed by atoms with Gasteiger partial charge in [-0.05, 0) is 56.8 Å². The van der Waals surface area contributed by atoms with E-state index in [1.54, 1.807) is 6.07 Å². The lowest BCUT2D eigenvalue weighted by Gasteiger charge is -2.52. The first-order valence-corrected chi connectivity index (χ1v) is 9.54. The van der Waals surface area contributed by atoms with Gasteiger partial charge in [0.15, 0.2) is 18.2 Å². The Balaban J connectivity index is 1.45. The summed E-state index contributed by atoms with van der Waals surface area (Å²) in [5.41, 5.74) is 0.342. The number of halogens is 4. The van der Waals surface area contributed by atoms with E-state index in [4.69, 9.17) is 20.9 Å². The Kier molecular flexibility index (Phi) is 3.82. The van der Waals surface area contributed by atoms with Crippen LogP contribution in [0.4, 0.5) is 19.0 Å². The van der Waals surface area contributed by atoms with E-state index >= 15 is 0 Å². The summed E-state index contributed by atoms with van der Waals surface area (Å²) in [4.78, 5) is 2.57. The van der Waals surface area contributed by atoms with Gasteiger partial charge in [-0.1, -0.05) is 16.8 Å². The average Bonchev–Trinajstić information content (AvgIpc) is 3.30. The first-order chi connectivity index (χ1) is 12.9. The Morgan fingerprint density at radius 3 is 2.70 bits per heavy atom. The van der Waals surface area contributed by atoms with Gasteiger partial charge in [0.25, 0.3) is 0 Å². The van der Waals surface area contributed by atoms with E-state index in [-0.39, 0.29) is 27.9 Å². The van der Waals surface area contributed by atoms with Crippen LogP contribution in [0.2, 0.25) is 5.02 Å². The van der Waals surface area contributed by atoms with E-state index in [0.717, 1.165) is 25.9 Å². The lowest BCUT2D eigenvalue weighted by atomic mass is 9.77. The van der Waals surface area contributed by atoms with Crippen molar-refractivity contribution in [1.82, 2.24) is 10.1 Å². The number of hydrogen-bond donors (Lipinski definition) is 1. The van der Waals surface area contributed by atoms with Crippen LogP contribution in [0.3, 0.4) is 0 Å². The molecule has 0 amide bonds. The summed E-state index contributed by atoms with van der Waals surface area (Å²) in [6.45, 7) is 0.860. The van der Waals surface area contributed by atoms with Gasteiger partial charge in [-0.3, -0.25) is 4.90 Å². The average molecular weight is 402 g/mol. The molecular formula is C18H19ClF3N3O2. The summed E-state index contributed by atoms with van der Waals surface area (Å²) >= 11 is 6.03. The number of alkyl halides is 3. The molecule has 3 aliphatic heterocycles. The highest BCUT2D eigenvalue weighted by molar-refractivity contribution is 6.33. The maximum atomic E-state index is 12.5. The third kappa shape index (κ3) is 2.84. The molecule has 1 aromatic heterocycles. The fourth-order valence-electron chi connectivity index (χ4n) is 4.82. The second kappa shape index (κ2) is 5.91. The standard InChI is InChI=1S/C18H19ClF3N3O2/c19-12-2-1-11-13(14(12)26-9-18(20,21)22)27-24-16(11)23-15-10-3-7-25(8-4-10)17(15)5-6-17/h1-2,10,15H,3-9H2,(H,23,24). The van der Waals surface area contributed by atoms with Gasteiger partial charge < -0.3 is 14.6 Å². The zero-order chi connectivity index (χ0) is 18.8. The first-order valence-electron chi connectivity index (χ1n) is 9.16. The minimum Gasteiger partial charge on any atom is -0.478 e. The molecule has 1 aliphatic carbocycles. The Bertz CT molecular complexity index is 873. The molecule has 146 valence electrons. The van der Waals surface area contributed by atoms with Crippen LogP contribution in [0, 0.1) is 5.92 Å². The number of hydrogen-bond acceptors (Lipinski definition) is 5. The molecule has 1 N–H and O–H groups in total. The molecular weight excluding hydrogens is 383 g/mol. The largest absolute Gasteiger partial charge is 0.478 e. The van der Waals surface area contributed by atoms with Crippen molar-refractivity contribution in [2.24, 2.45) is 5.92 Å². The molecule has 4 heterocycles. The van der Waals surface area contributed by atoms with E-state index in [1.807, 2.05) is 0 Å². The van der Waals surface area contributed by atoms with Crippen molar-refractivity contribution in [2.75, 3.05) is 25.0 Å². The zero-order valence-electron chi connectivity index (χ0n) is 14.5. The van der Waals surface area contributed by atoms with E-state index in [9.17, 15) is 13.2 Å². The summed E-state index contributed by atoms with van der Waals surface area (Å²) in [5, 5.41) is 8.28. The number of benzene rings is 1. The molecule has 6 rings (SSSR count). The van der Waals surface area contributed by atoms with Crippen molar-refractivity contribution in [3.63, 3.8) is 0 Å². The molecule has 0 radical (unpaired) electrons. The number of piperidine rings is 3. The van der Waals surface area contributed by atoms with E-state index in [1.165, 1.54) is 18.9 Å². The second-order valence-corrected chi connectivity index (χ2v) is 8.15. The topological polar surface area (TPSA) is 50.5 Å². The van der Waals surface area contributed by atoms with Gasteiger partial charge in [0.2, 0.25) is 5.58 Å². The summed E-state index contributed by atoms with van der Waals surface area (Å²) in [7, 11) is 0. The zero-order valence-corrected chi connectivity index (χ0v) is 15.2. The first kappa shape index (κ1) is 17.4. The minimum absolute atomic E-state index is 0.0657. The van der Waals surface area contributed by atoms with Crippen molar-refractivity contribution in [1.29, 1.82) is 0 Å². The van der Waals surface area contributed by atoms with Crippen LogP contribution in [-0.2, 0) is 0 Å². The Morgan fingerprint density at radius 2 is 2.04 bits per heavy atom. The molecule has 27 heavy (non-hydrogen) atoms. The molecule has 4 aliphatic rings. The van der Waals surface area contributed by atoms with Gasteiger partial charge in [0.05, 0.1) is 10.4 Å². The van der Waals surface area contributed by atoms with Crippen molar-refractivity contribution in [3.05, 3.63) is 17.2 Å². The molecule has 1 unspecified atom stereocenters. The molecule has 9 heteroatoms. The molecule has 2 bridgehead atoms. The predicted octanol–water partition coefficient (Wildman–Crippen LogP) is 4.46. The number of aromatic nitrogens is 1. The van der Waals surface area contributed by atoms with Gasteiger partial charge in [-0.15, -0.1) is 0 Å². The SMILES string of the molecule is FC(F)(F)COc1c(Cl)ccc2c(NC3C4CCN(CC4)C34CC4)noc12. The molecule has 1 atom stereocenters. The second-order valence-electron chi connectivity index (χ2n) is 7.74. The van der Waals surface area contributed by atoms with Crippen LogP contribution in [0.25, 0.3) is 11.0 Å². The maximum Gasteiger partial charge on any atom is 0.422 e. The quantitative estimate of drug-likeness (QED) is 0.819. The van der Waals surface area contributed by atoms with Crippen LogP contribution in [0.15, 0.2) is 16.7 Å². The molecule has 2 aromatic rings. The fourth-order valence-corrected chi connectivity index (χ4v) is 5.02. The fraction of sp³-hybridized carbons (Fsp3) is 0.611. The number of nitrogens with zero attached hydrogens (tertiary/aromatic N) is 2. The molecule has 5 nitrogen and oxygen atoms in total. The van der Waals surface area contributed by atoms with E-state index < -0.39 is 12.8 Å². The summed E-state index contributed by atoms with van der Waals surface area (Å²) < 4.78 is 47.8. The molecule has 4 fully saturated rings. The molecule has 3 saturated heterocycles. The van der Waals surface area contributed by atoms with Crippen LogP contribution in [-0.4, -0.2) is 47.5 Å². The summed E-state index contributed by atoms with van der Waals surface area (Å²) in [6, 6.07) is 3.50. The van der Waals surface area contributed by atoms with Crippen LogP contribution in [0.1, 0.15) is 25.7 Å². The lowest BCUT2D eigenvalue weighted by molar-refractivity contribution is -0.153. The number of nitrogens with one attached hydrogen (secondary N) is 1. The smallest absolute Gasteiger partial charge is 0.422 e. The third-order valence-electron chi connectivity index (χ3n) is 6.20. The number of ether oxygens (including phenoxy) is 1. The van der Waals surface area contributed by atoms with E-state index in [0.29, 0.717) is 17.1 Å². The lowest BCUT2D eigenvalue weighted by Crippen LogP contribution is -2.62. The number of rotatable bonds is 4. The van der Waals surface area contributed by atoms with Gasteiger partial charge >= 0.3 is 6.18 Å². The van der Waals surface area contributed by atoms with Crippen molar-refractivity contribution >= 4 is 28.4 Å². The summed E-state index contributed by atoms with van der Waals surface area (Å²) in [6.07, 6.45) is 0.189. The third-order valence-corrected chi connectivity index (χ3v) is 6.50. The highest BCUT2D eigenvalue weighted by Gasteiger charge is 2.60. The Morgan fingerprint density at radius 1 is 1.30 bits per heavy atom. The number of anilines is 1. The normalized spacial score (nSPS) is 28.7. The molecule has 1 saturated carbocycles. The Labute approximate surface area is 158 Å². The summed E-state index contributed by atoms with van der Waals surface area (Å²) in [5.74, 6) is 1.00. The Hall–Kier alpha value is -1.67. The highest BCUT2D eigenvalue weighted by Crippen LogP contribution is 2.54. The van der Waals surface area contributed by atoms with Crippen LogP contribution in [0.5, 0.6) is 5.75 Å². The van der Waals surface area contributed by atoms with Gasteiger partial charge in [0, 0.05) is 11.6 Å². The maximum absolute atomic E-state index is 12.5. The number of fused-ring (bicyclic) bond motifs is 3. The van der Waals surface area contributed by atoms with Crippen molar-refractivity contribution < 1.29 is 22.4 Å². The molecule has 1 spiro atoms. The van der Waals surface area contributed by atoms with Gasteiger partial charge in [0.1, 0.15) is 0 Å². The van der Waals surface area contributed by atoms with Crippen LogP contribution >= 0.6 is 11.6 Å².